The summed E-state index contributed by atoms with van der Waals surface area (Å²) in [6, 6.07) is 0. The highest BCUT2D eigenvalue weighted by Crippen LogP contribution is 2.23. The van der Waals surface area contributed by atoms with E-state index in [0.29, 0.717) is 17.7 Å². The third-order valence-electron chi connectivity index (χ3n) is 3.59. The minimum Gasteiger partial charge on any atom is -0.368 e. The van der Waals surface area contributed by atoms with Crippen LogP contribution in [0.4, 0.5) is 5.95 Å². The maximum absolute atomic E-state index is 12.0. The molecular formula is C14H15ClN6OS. The smallest absolute Gasteiger partial charge is 0.223 e. The van der Waals surface area contributed by atoms with Crippen LogP contribution in [-0.4, -0.2) is 35.0 Å². The number of imidazole rings is 1. The van der Waals surface area contributed by atoms with E-state index >= 15 is 0 Å². The van der Waals surface area contributed by atoms with Crippen LogP contribution in [0.3, 0.4) is 0 Å². The Morgan fingerprint density at radius 2 is 2.04 bits per heavy atom. The highest BCUT2D eigenvalue weighted by atomic mass is 35.5. The Bertz CT molecular complexity index is 939. The SMILES string of the molecule is Cc1cnc(Cn2cnc3c(Cl)nc(N)nc32)c(C)c1S(C)=O. The standard InChI is InChI=1S/C14H15ClN6OS/c1-7-4-17-9(8(2)11(7)23(3)22)5-21-6-18-10-12(15)19-14(16)20-13(10)21/h4,6H,5H2,1-3H3,(H2,16,19,20). The molecule has 0 saturated heterocycles. The molecule has 9 heteroatoms. The fraction of sp³-hybridized carbons (Fsp3) is 0.286. The zero-order valence-electron chi connectivity index (χ0n) is 12.9. The second kappa shape index (κ2) is 5.86. The number of pyridine rings is 1. The van der Waals surface area contributed by atoms with Crippen LogP contribution >= 0.6 is 11.6 Å². The van der Waals surface area contributed by atoms with Gasteiger partial charge in [-0.05, 0) is 25.0 Å². The first-order valence-corrected chi connectivity index (χ1v) is 8.74. The summed E-state index contributed by atoms with van der Waals surface area (Å²) in [6.07, 6.45) is 5.02. The van der Waals surface area contributed by atoms with Crippen molar-refractivity contribution in [2.45, 2.75) is 25.3 Å². The Balaban J connectivity index is 2.10. The molecule has 0 spiro atoms. The molecule has 0 aliphatic rings. The summed E-state index contributed by atoms with van der Waals surface area (Å²) >= 11 is 6.03. The molecule has 0 aliphatic heterocycles. The highest BCUT2D eigenvalue weighted by molar-refractivity contribution is 7.84. The molecule has 7 nitrogen and oxygen atoms in total. The second-order valence-electron chi connectivity index (χ2n) is 5.21. The number of nitrogens with zero attached hydrogens (tertiary/aromatic N) is 5. The quantitative estimate of drug-likeness (QED) is 0.724. The monoisotopic (exact) mass is 350 g/mol. The Kier molecular flexibility index (Phi) is 4.03. The summed E-state index contributed by atoms with van der Waals surface area (Å²) < 4.78 is 13.8. The molecule has 0 aromatic carbocycles. The van der Waals surface area contributed by atoms with E-state index in [1.165, 1.54) is 0 Å². The Morgan fingerprint density at radius 1 is 1.30 bits per heavy atom. The molecule has 0 saturated carbocycles. The van der Waals surface area contributed by atoms with Crippen LogP contribution in [-0.2, 0) is 17.3 Å². The van der Waals surface area contributed by atoms with Gasteiger partial charge in [0, 0.05) is 17.3 Å². The second-order valence-corrected chi connectivity index (χ2v) is 6.89. The summed E-state index contributed by atoms with van der Waals surface area (Å²) in [5.74, 6) is 0.0909. The molecule has 23 heavy (non-hydrogen) atoms. The topological polar surface area (TPSA) is 99.6 Å². The van der Waals surface area contributed by atoms with Gasteiger partial charge in [0.25, 0.3) is 0 Å². The number of hydrogen-bond acceptors (Lipinski definition) is 6. The van der Waals surface area contributed by atoms with Crippen LogP contribution < -0.4 is 5.73 Å². The fourth-order valence-electron chi connectivity index (χ4n) is 2.56. The van der Waals surface area contributed by atoms with Crippen LogP contribution in [0.1, 0.15) is 16.8 Å². The summed E-state index contributed by atoms with van der Waals surface area (Å²) in [5.41, 5.74) is 9.31. The Hall–Kier alpha value is -2.06. The molecule has 0 radical (unpaired) electrons. The molecule has 1 atom stereocenters. The normalized spacial score (nSPS) is 12.7. The number of halogens is 1. The average molecular weight is 351 g/mol. The number of fused-ring (bicyclic) bond motifs is 1. The van der Waals surface area contributed by atoms with Crippen molar-refractivity contribution < 1.29 is 4.21 Å². The van der Waals surface area contributed by atoms with Gasteiger partial charge in [-0.3, -0.25) is 9.19 Å². The molecule has 3 aromatic rings. The third kappa shape index (κ3) is 2.79. The molecule has 3 aromatic heterocycles. The van der Waals surface area contributed by atoms with Gasteiger partial charge in [-0.25, -0.2) is 4.98 Å². The largest absolute Gasteiger partial charge is 0.368 e. The van der Waals surface area contributed by atoms with Crippen molar-refractivity contribution in [1.29, 1.82) is 0 Å². The van der Waals surface area contributed by atoms with Crippen LogP contribution in [0.2, 0.25) is 5.15 Å². The van der Waals surface area contributed by atoms with E-state index in [2.05, 4.69) is 19.9 Å². The van der Waals surface area contributed by atoms with Gasteiger partial charge in [0.1, 0.15) is 5.52 Å². The van der Waals surface area contributed by atoms with Crippen molar-refractivity contribution in [3.63, 3.8) is 0 Å². The first-order valence-electron chi connectivity index (χ1n) is 6.80. The zero-order chi connectivity index (χ0) is 16.7. The summed E-state index contributed by atoms with van der Waals surface area (Å²) in [6.45, 7) is 4.25. The van der Waals surface area contributed by atoms with Gasteiger partial charge in [-0.15, -0.1) is 0 Å². The van der Waals surface area contributed by atoms with Gasteiger partial charge in [-0.1, -0.05) is 11.6 Å². The molecule has 0 aliphatic carbocycles. The van der Waals surface area contributed by atoms with E-state index in [0.717, 1.165) is 21.7 Å². The number of rotatable bonds is 3. The van der Waals surface area contributed by atoms with Crippen molar-refractivity contribution in [1.82, 2.24) is 24.5 Å². The van der Waals surface area contributed by atoms with Gasteiger partial charge in [0.15, 0.2) is 10.8 Å². The summed E-state index contributed by atoms with van der Waals surface area (Å²) in [4.78, 5) is 17.6. The first-order chi connectivity index (χ1) is 10.9. The summed E-state index contributed by atoms with van der Waals surface area (Å²) in [7, 11) is -1.08. The van der Waals surface area contributed by atoms with Crippen LogP contribution in [0.25, 0.3) is 11.2 Å². The number of nitrogens with two attached hydrogens (primary N) is 1. The Morgan fingerprint density at radius 3 is 2.74 bits per heavy atom. The van der Waals surface area contributed by atoms with Crippen molar-refractivity contribution in [3.05, 3.63) is 34.5 Å². The average Bonchev–Trinajstić information content (AvgIpc) is 2.85. The predicted octanol–water partition coefficient (Wildman–Crippen LogP) is 1.86. The fourth-order valence-corrected chi connectivity index (χ4v) is 3.84. The minimum absolute atomic E-state index is 0.0909. The van der Waals surface area contributed by atoms with Gasteiger partial charge in [-0.2, -0.15) is 9.97 Å². The number of aryl methyl sites for hydroxylation is 1. The third-order valence-corrected chi connectivity index (χ3v) is 5.06. The lowest BCUT2D eigenvalue weighted by molar-refractivity contribution is 0.684. The molecule has 120 valence electrons. The van der Waals surface area contributed by atoms with E-state index in [4.69, 9.17) is 17.3 Å². The lowest BCUT2D eigenvalue weighted by Crippen LogP contribution is -2.08. The molecular weight excluding hydrogens is 336 g/mol. The lowest BCUT2D eigenvalue weighted by atomic mass is 10.1. The molecule has 3 rings (SSSR count). The molecule has 0 bridgehead atoms. The van der Waals surface area contributed by atoms with Gasteiger partial charge in [0.05, 0.1) is 29.4 Å². The molecule has 0 amide bonds. The molecule has 0 fully saturated rings. The highest BCUT2D eigenvalue weighted by Gasteiger charge is 2.15. The molecule has 3 heterocycles. The van der Waals surface area contributed by atoms with Crippen LogP contribution in [0, 0.1) is 13.8 Å². The van der Waals surface area contributed by atoms with E-state index < -0.39 is 10.8 Å². The number of anilines is 1. The molecule has 1 unspecified atom stereocenters. The van der Waals surface area contributed by atoms with Gasteiger partial charge in [0.2, 0.25) is 5.95 Å². The van der Waals surface area contributed by atoms with E-state index in [-0.39, 0.29) is 11.1 Å². The van der Waals surface area contributed by atoms with E-state index in [1.54, 1.807) is 23.3 Å². The van der Waals surface area contributed by atoms with Crippen molar-refractivity contribution in [3.8, 4) is 0 Å². The maximum atomic E-state index is 12.0. The van der Waals surface area contributed by atoms with Crippen molar-refractivity contribution in [2.75, 3.05) is 12.0 Å². The minimum atomic E-state index is -1.08. The van der Waals surface area contributed by atoms with Gasteiger partial charge >= 0.3 is 0 Å². The van der Waals surface area contributed by atoms with Crippen molar-refractivity contribution in [2.24, 2.45) is 0 Å². The van der Waals surface area contributed by atoms with Gasteiger partial charge < -0.3 is 10.3 Å². The van der Waals surface area contributed by atoms with Crippen LogP contribution in [0.5, 0.6) is 0 Å². The van der Waals surface area contributed by atoms with Crippen LogP contribution in [0.15, 0.2) is 17.4 Å². The number of nitrogen functional groups attached to an aromatic ring is 1. The molecule has 2 N–H and O–H groups in total. The van der Waals surface area contributed by atoms with E-state index in [9.17, 15) is 4.21 Å². The zero-order valence-corrected chi connectivity index (χ0v) is 14.4. The predicted molar refractivity (Wildman–Crippen MR) is 89.9 cm³/mol. The first kappa shape index (κ1) is 15.8. The lowest BCUT2D eigenvalue weighted by Gasteiger charge is -2.12. The van der Waals surface area contributed by atoms with Crippen molar-refractivity contribution >= 4 is 39.5 Å². The maximum Gasteiger partial charge on any atom is 0.223 e. The Labute approximate surface area is 140 Å². The number of aromatic nitrogens is 5. The number of hydrogen-bond donors (Lipinski definition) is 1. The van der Waals surface area contributed by atoms with E-state index in [1.807, 2.05) is 13.8 Å². The summed E-state index contributed by atoms with van der Waals surface area (Å²) in [5, 5.41) is 0.218.